The standard InChI is InChI=1S/C12H11FO2/c13-9-11(8-4-2-1-3-5-8)6-12(9,7-11)10(14)15/h1-5,9H,6-7H2,(H,14,15). The average molecular weight is 206 g/mol. The van der Waals surface area contributed by atoms with Gasteiger partial charge in [-0.2, -0.15) is 0 Å². The Kier molecular flexibility index (Phi) is 1.43. The molecule has 0 aliphatic heterocycles. The van der Waals surface area contributed by atoms with Crippen LogP contribution in [0.5, 0.6) is 0 Å². The zero-order valence-electron chi connectivity index (χ0n) is 8.11. The molecule has 2 nitrogen and oxygen atoms in total. The average Bonchev–Trinajstić information content (AvgIpc) is 2.17. The maximum Gasteiger partial charge on any atom is 0.312 e. The van der Waals surface area contributed by atoms with Crippen LogP contribution in [0.1, 0.15) is 18.4 Å². The van der Waals surface area contributed by atoms with Gasteiger partial charge in [0.1, 0.15) is 11.6 Å². The number of hydrogen-bond acceptors (Lipinski definition) is 1. The second-order valence-electron chi connectivity index (χ2n) is 4.70. The van der Waals surface area contributed by atoms with Crippen LogP contribution < -0.4 is 0 Å². The number of rotatable bonds is 2. The molecule has 1 unspecified atom stereocenters. The van der Waals surface area contributed by atoms with E-state index in [1.807, 2.05) is 30.3 Å². The summed E-state index contributed by atoms with van der Waals surface area (Å²) in [7, 11) is 0. The number of carbonyl (C=O) groups is 1. The van der Waals surface area contributed by atoms with Gasteiger partial charge < -0.3 is 5.11 Å². The van der Waals surface area contributed by atoms with Gasteiger partial charge in [0.2, 0.25) is 0 Å². The molecule has 0 heterocycles. The fraction of sp³-hybridized carbons (Fsp3) is 0.417. The van der Waals surface area contributed by atoms with E-state index in [1.165, 1.54) is 0 Å². The van der Waals surface area contributed by atoms with Crippen LogP contribution in [0.2, 0.25) is 0 Å². The normalized spacial score (nSPS) is 41.5. The van der Waals surface area contributed by atoms with Crippen LogP contribution in [0.4, 0.5) is 4.39 Å². The van der Waals surface area contributed by atoms with Crippen molar-refractivity contribution in [3.63, 3.8) is 0 Å². The first-order valence-corrected chi connectivity index (χ1v) is 5.05. The van der Waals surface area contributed by atoms with E-state index in [2.05, 4.69) is 0 Å². The molecule has 1 aromatic rings. The molecule has 0 saturated heterocycles. The summed E-state index contributed by atoms with van der Waals surface area (Å²) in [6.45, 7) is 0. The lowest BCUT2D eigenvalue weighted by Crippen LogP contribution is -2.77. The highest BCUT2D eigenvalue weighted by atomic mass is 19.1. The molecule has 0 aromatic heterocycles. The van der Waals surface area contributed by atoms with Crippen molar-refractivity contribution in [3.8, 4) is 0 Å². The molecular formula is C12H11FO2. The van der Waals surface area contributed by atoms with Gasteiger partial charge in [-0.25, -0.2) is 4.39 Å². The van der Waals surface area contributed by atoms with Crippen molar-refractivity contribution in [1.29, 1.82) is 0 Å². The second kappa shape index (κ2) is 2.40. The van der Waals surface area contributed by atoms with Crippen molar-refractivity contribution in [2.24, 2.45) is 5.41 Å². The molecule has 78 valence electrons. The zero-order chi connectivity index (χ0) is 10.7. The number of carboxylic acid groups (broad SMARTS) is 1. The number of carboxylic acids is 1. The number of benzene rings is 1. The summed E-state index contributed by atoms with van der Waals surface area (Å²) < 4.78 is 13.8. The largest absolute Gasteiger partial charge is 0.481 e. The number of halogens is 1. The molecule has 0 amide bonds. The predicted octanol–water partition coefficient (Wildman–Crippen LogP) is 2.14. The third kappa shape index (κ3) is 0.784. The van der Waals surface area contributed by atoms with Gasteiger partial charge in [-0.3, -0.25) is 4.79 Å². The highest BCUT2D eigenvalue weighted by molar-refractivity contribution is 5.82. The molecule has 15 heavy (non-hydrogen) atoms. The minimum atomic E-state index is -1.20. The van der Waals surface area contributed by atoms with Crippen molar-refractivity contribution in [1.82, 2.24) is 0 Å². The third-order valence-corrected chi connectivity index (χ3v) is 4.01. The summed E-state index contributed by atoms with van der Waals surface area (Å²) in [4.78, 5) is 10.9. The van der Waals surface area contributed by atoms with E-state index in [0.29, 0.717) is 12.8 Å². The van der Waals surface area contributed by atoms with Gasteiger partial charge in [0.25, 0.3) is 0 Å². The number of hydrogen-bond donors (Lipinski definition) is 1. The predicted molar refractivity (Wildman–Crippen MR) is 52.3 cm³/mol. The van der Waals surface area contributed by atoms with Crippen molar-refractivity contribution < 1.29 is 14.3 Å². The van der Waals surface area contributed by atoms with Gasteiger partial charge >= 0.3 is 5.97 Å². The van der Waals surface area contributed by atoms with Crippen LogP contribution in [-0.4, -0.2) is 17.2 Å². The van der Waals surface area contributed by atoms with Gasteiger partial charge in [0.15, 0.2) is 0 Å². The fourth-order valence-electron chi connectivity index (χ4n) is 3.08. The Morgan fingerprint density at radius 1 is 1.33 bits per heavy atom. The van der Waals surface area contributed by atoms with Crippen LogP contribution in [-0.2, 0) is 10.2 Å². The van der Waals surface area contributed by atoms with Crippen molar-refractivity contribution in [2.45, 2.75) is 24.4 Å². The smallest absolute Gasteiger partial charge is 0.312 e. The first-order valence-electron chi connectivity index (χ1n) is 5.05. The lowest BCUT2D eigenvalue weighted by atomic mass is 9.32. The van der Waals surface area contributed by atoms with Gasteiger partial charge in [0, 0.05) is 5.41 Å². The molecule has 3 fully saturated rings. The molecule has 3 heteroatoms. The summed E-state index contributed by atoms with van der Waals surface area (Å²) in [5.74, 6) is -0.979. The van der Waals surface area contributed by atoms with Crippen LogP contribution in [0.15, 0.2) is 30.3 Å². The first-order chi connectivity index (χ1) is 7.12. The lowest BCUT2D eigenvalue weighted by molar-refractivity contribution is -0.237. The second-order valence-corrected chi connectivity index (χ2v) is 4.70. The molecule has 1 atom stereocenters. The Morgan fingerprint density at radius 2 is 1.93 bits per heavy atom. The Labute approximate surface area is 86.7 Å². The lowest BCUT2D eigenvalue weighted by Gasteiger charge is -2.70. The first kappa shape index (κ1) is 8.89. The molecule has 0 radical (unpaired) electrons. The Balaban J connectivity index is 1.92. The highest BCUT2D eigenvalue weighted by Gasteiger charge is 2.81. The number of aliphatic carboxylic acids is 1. The summed E-state index contributed by atoms with van der Waals surface area (Å²) in [5, 5.41) is 8.92. The minimum Gasteiger partial charge on any atom is -0.481 e. The summed E-state index contributed by atoms with van der Waals surface area (Å²) in [6.07, 6.45) is -0.286. The third-order valence-electron chi connectivity index (χ3n) is 4.01. The summed E-state index contributed by atoms with van der Waals surface area (Å²) >= 11 is 0. The molecule has 1 aromatic carbocycles. The molecule has 0 spiro atoms. The van der Waals surface area contributed by atoms with Crippen LogP contribution in [0.25, 0.3) is 0 Å². The van der Waals surface area contributed by atoms with Crippen LogP contribution in [0.3, 0.4) is 0 Å². The van der Waals surface area contributed by atoms with Crippen molar-refractivity contribution in [3.05, 3.63) is 35.9 Å². The van der Waals surface area contributed by atoms with E-state index in [-0.39, 0.29) is 0 Å². The van der Waals surface area contributed by atoms with E-state index < -0.39 is 23.0 Å². The van der Waals surface area contributed by atoms with Gasteiger partial charge in [-0.1, -0.05) is 30.3 Å². The van der Waals surface area contributed by atoms with Gasteiger partial charge in [-0.15, -0.1) is 0 Å². The Bertz CT molecular complexity index is 421. The topological polar surface area (TPSA) is 37.3 Å². The summed E-state index contributed by atoms with van der Waals surface area (Å²) in [6, 6.07) is 9.40. The van der Waals surface area contributed by atoms with E-state index in [0.717, 1.165) is 5.56 Å². The molecular weight excluding hydrogens is 195 g/mol. The van der Waals surface area contributed by atoms with E-state index in [4.69, 9.17) is 5.11 Å². The van der Waals surface area contributed by atoms with E-state index in [1.54, 1.807) is 0 Å². The minimum absolute atomic E-state index is 0.459. The SMILES string of the molecule is O=C(O)C12CC(c3ccccc3)(C1)C2F. The molecule has 1 N–H and O–H groups in total. The quantitative estimate of drug-likeness (QED) is 0.804. The molecule has 3 aliphatic carbocycles. The molecule has 3 saturated carbocycles. The van der Waals surface area contributed by atoms with E-state index in [9.17, 15) is 9.18 Å². The fourth-order valence-corrected chi connectivity index (χ4v) is 3.08. The Hall–Kier alpha value is -1.38. The van der Waals surface area contributed by atoms with Gasteiger partial charge in [0.05, 0.1) is 0 Å². The monoisotopic (exact) mass is 206 g/mol. The Morgan fingerprint density at radius 3 is 2.40 bits per heavy atom. The summed E-state index contributed by atoms with van der Waals surface area (Å²) in [5.41, 5.74) is -0.601. The van der Waals surface area contributed by atoms with Crippen molar-refractivity contribution in [2.75, 3.05) is 0 Å². The zero-order valence-corrected chi connectivity index (χ0v) is 8.11. The molecule has 3 aliphatic rings. The molecule has 4 rings (SSSR count). The van der Waals surface area contributed by atoms with Gasteiger partial charge in [-0.05, 0) is 18.4 Å². The van der Waals surface area contributed by atoms with Crippen molar-refractivity contribution >= 4 is 5.97 Å². The maximum atomic E-state index is 13.8. The molecule has 2 bridgehead atoms. The van der Waals surface area contributed by atoms with Crippen LogP contribution >= 0.6 is 0 Å². The maximum absolute atomic E-state index is 13.8. The number of alkyl halides is 1. The highest BCUT2D eigenvalue weighted by Crippen LogP contribution is 2.74. The van der Waals surface area contributed by atoms with Crippen LogP contribution in [0, 0.1) is 5.41 Å². The van der Waals surface area contributed by atoms with E-state index >= 15 is 0 Å².